The van der Waals surface area contributed by atoms with Crippen molar-refractivity contribution in [2.45, 2.75) is 26.3 Å². The van der Waals surface area contributed by atoms with Crippen LogP contribution in [0.3, 0.4) is 0 Å². The lowest BCUT2D eigenvalue weighted by molar-refractivity contribution is 0.482. The van der Waals surface area contributed by atoms with Gasteiger partial charge >= 0.3 is 0 Å². The lowest BCUT2D eigenvalue weighted by Crippen LogP contribution is -2.51. The number of nitrogens with one attached hydrogen (secondary N) is 2. The second kappa shape index (κ2) is 3.72. The first-order valence-electron chi connectivity index (χ1n) is 5.45. The minimum atomic E-state index is 0.0422. The van der Waals surface area contributed by atoms with Gasteiger partial charge in [-0.05, 0) is 20.8 Å². The van der Waals surface area contributed by atoms with Crippen molar-refractivity contribution >= 4 is 11.9 Å². The van der Waals surface area contributed by atoms with Crippen LogP contribution in [0.2, 0.25) is 0 Å². The molecule has 5 heteroatoms. The second-order valence-corrected chi connectivity index (χ2v) is 4.86. The third-order valence-electron chi connectivity index (χ3n) is 2.24. The van der Waals surface area contributed by atoms with Gasteiger partial charge in [-0.25, -0.2) is 0 Å². The van der Waals surface area contributed by atoms with Gasteiger partial charge in [0.25, 0.3) is 0 Å². The molecule has 2 aliphatic heterocycles. The number of rotatable bonds is 0. The van der Waals surface area contributed by atoms with Crippen molar-refractivity contribution in [3.05, 3.63) is 0 Å². The highest BCUT2D eigenvalue weighted by Gasteiger charge is 2.26. The highest BCUT2D eigenvalue weighted by Crippen LogP contribution is 2.07. The van der Waals surface area contributed by atoms with Crippen LogP contribution in [0.4, 0.5) is 0 Å². The highest BCUT2D eigenvalue weighted by atomic mass is 15.4. The van der Waals surface area contributed by atoms with E-state index < -0.39 is 0 Å². The number of nitrogens with zero attached hydrogens (tertiary/aromatic N) is 3. The highest BCUT2D eigenvalue weighted by molar-refractivity contribution is 6.00. The summed E-state index contributed by atoms with van der Waals surface area (Å²) in [5, 5.41) is 6.67. The van der Waals surface area contributed by atoms with Gasteiger partial charge in [-0.1, -0.05) is 0 Å². The molecule has 2 rings (SSSR count). The molecule has 0 saturated heterocycles. The quantitative estimate of drug-likeness (QED) is 0.591. The standard InChI is InChI=1S/C10H19N5/c1-10(2,3)14-9-13-6-7-15(9)8-11-4-5-12-8/h4-7H2,1-3H3,(H,11,12)(H,13,14). The van der Waals surface area contributed by atoms with E-state index >= 15 is 0 Å². The van der Waals surface area contributed by atoms with Gasteiger partial charge in [-0.15, -0.1) is 0 Å². The summed E-state index contributed by atoms with van der Waals surface area (Å²) in [6, 6.07) is 0. The largest absolute Gasteiger partial charge is 0.354 e. The van der Waals surface area contributed by atoms with E-state index in [1.165, 1.54) is 0 Å². The zero-order valence-electron chi connectivity index (χ0n) is 9.67. The number of aliphatic imine (C=N–C) groups is 2. The second-order valence-electron chi connectivity index (χ2n) is 4.86. The van der Waals surface area contributed by atoms with Crippen LogP contribution in [-0.2, 0) is 0 Å². The summed E-state index contributed by atoms with van der Waals surface area (Å²) in [7, 11) is 0. The Kier molecular flexibility index (Phi) is 2.54. The minimum Gasteiger partial charge on any atom is -0.354 e. The molecule has 0 aliphatic carbocycles. The Hall–Kier alpha value is -1.26. The number of hydrogen-bond acceptors (Lipinski definition) is 5. The Labute approximate surface area is 90.7 Å². The van der Waals surface area contributed by atoms with Crippen LogP contribution in [0.1, 0.15) is 20.8 Å². The van der Waals surface area contributed by atoms with Gasteiger partial charge in [-0.2, -0.15) is 0 Å². The van der Waals surface area contributed by atoms with Crippen molar-refractivity contribution < 1.29 is 0 Å². The van der Waals surface area contributed by atoms with Gasteiger partial charge in [0.05, 0.1) is 13.1 Å². The van der Waals surface area contributed by atoms with E-state index in [0.717, 1.165) is 38.1 Å². The molecule has 2 heterocycles. The van der Waals surface area contributed by atoms with Crippen LogP contribution in [-0.4, -0.2) is 48.5 Å². The molecule has 2 aliphatic rings. The van der Waals surface area contributed by atoms with E-state index in [2.05, 4.69) is 46.3 Å². The van der Waals surface area contributed by atoms with Gasteiger partial charge < -0.3 is 10.6 Å². The molecule has 15 heavy (non-hydrogen) atoms. The summed E-state index contributed by atoms with van der Waals surface area (Å²) in [5.41, 5.74) is 0.0422. The first-order chi connectivity index (χ1) is 7.06. The SMILES string of the molecule is CC(C)(C)NC1=NCCN1C1=NCCN1. The third-order valence-corrected chi connectivity index (χ3v) is 2.24. The van der Waals surface area contributed by atoms with Crippen LogP contribution in [0.25, 0.3) is 0 Å². The Morgan fingerprint density at radius 3 is 2.67 bits per heavy atom. The van der Waals surface area contributed by atoms with Crippen molar-refractivity contribution in [3.8, 4) is 0 Å². The van der Waals surface area contributed by atoms with E-state index in [1.54, 1.807) is 0 Å². The van der Waals surface area contributed by atoms with Crippen LogP contribution < -0.4 is 10.6 Å². The maximum absolute atomic E-state index is 4.46. The summed E-state index contributed by atoms with van der Waals surface area (Å²) in [6.45, 7) is 9.98. The van der Waals surface area contributed by atoms with Crippen LogP contribution >= 0.6 is 0 Å². The summed E-state index contributed by atoms with van der Waals surface area (Å²) in [5.74, 6) is 1.90. The first-order valence-corrected chi connectivity index (χ1v) is 5.45. The molecule has 0 radical (unpaired) electrons. The zero-order valence-corrected chi connectivity index (χ0v) is 9.67. The molecule has 0 aromatic carbocycles. The van der Waals surface area contributed by atoms with Crippen molar-refractivity contribution in [1.29, 1.82) is 0 Å². The monoisotopic (exact) mass is 209 g/mol. The van der Waals surface area contributed by atoms with Crippen LogP contribution in [0, 0.1) is 0 Å². The fourth-order valence-corrected chi connectivity index (χ4v) is 1.66. The fourth-order valence-electron chi connectivity index (χ4n) is 1.66. The van der Waals surface area contributed by atoms with Crippen molar-refractivity contribution in [2.75, 3.05) is 26.2 Å². The molecule has 0 bridgehead atoms. The summed E-state index contributed by atoms with van der Waals surface area (Å²) in [6.07, 6.45) is 0. The molecule has 0 atom stereocenters. The Balaban J connectivity index is 2.04. The Bertz CT molecular complexity index is 299. The van der Waals surface area contributed by atoms with Gasteiger partial charge in [0.2, 0.25) is 11.9 Å². The molecule has 0 saturated carbocycles. The van der Waals surface area contributed by atoms with E-state index in [9.17, 15) is 0 Å². The first kappa shape index (κ1) is 10.3. The lowest BCUT2D eigenvalue weighted by atomic mass is 10.1. The topological polar surface area (TPSA) is 52.0 Å². The van der Waals surface area contributed by atoms with Gasteiger partial charge in [-0.3, -0.25) is 14.9 Å². The predicted molar refractivity (Wildman–Crippen MR) is 62.2 cm³/mol. The van der Waals surface area contributed by atoms with Gasteiger partial charge in [0.15, 0.2) is 0 Å². The Morgan fingerprint density at radius 2 is 2.07 bits per heavy atom. The minimum absolute atomic E-state index is 0.0422. The molecule has 2 N–H and O–H groups in total. The predicted octanol–water partition coefficient (Wildman–Crippen LogP) is 0.00530. The van der Waals surface area contributed by atoms with Gasteiger partial charge in [0.1, 0.15) is 0 Å². The molecule has 0 amide bonds. The lowest BCUT2D eigenvalue weighted by Gasteiger charge is -2.27. The van der Waals surface area contributed by atoms with Crippen molar-refractivity contribution in [1.82, 2.24) is 15.5 Å². The summed E-state index contributed by atoms with van der Waals surface area (Å²) < 4.78 is 0. The van der Waals surface area contributed by atoms with Crippen LogP contribution in [0.5, 0.6) is 0 Å². The maximum Gasteiger partial charge on any atom is 0.201 e. The van der Waals surface area contributed by atoms with Gasteiger partial charge in [0, 0.05) is 18.6 Å². The summed E-state index contributed by atoms with van der Waals surface area (Å²) in [4.78, 5) is 11.0. The van der Waals surface area contributed by atoms with E-state index in [1.807, 2.05) is 0 Å². The Morgan fingerprint density at radius 1 is 1.27 bits per heavy atom. The molecule has 0 aromatic heterocycles. The number of hydrogen-bond donors (Lipinski definition) is 2. The average molecular weight is 209 g/mol. The molecule has 0 aromatic rings. The van der Waals surface area contributed by atoms with E-state index in [0.29, 0.717) is 0 Å². The molecular weight excluding hydrogens is 190 g/mol. The van der Waals surface area contributed by atoms with Crippen molar-refractivity contribution in [3.63, 3.8) is 0 Å². The van der Waals surface area contributed by atoms with Crippen LogP contribution in [0.15, 0.2) is 9.98 Å². The number of guanidine groups is 2. The average Bonchev–Trinajstić information content (AvgIpc) is 2.68. The molecular formula is C10H19N5. The molecule has 84 valence electrons. The van der Waals surface area contributed by atoms with Crippen molar-refractivity contribution in [2.24, 2.45) is 9.98 Å². The summed E-state index contributed by atoms with van der Waals surface area (Å²) >= 11 is 0. The fraction of sp³-hybridized carbons (Fsp3) is 0.800. The molecule has 0 fully saturated rings. The maximum atomic E-state index is 4.46. The molecule has 5 nitrogen and oxygen atoms in total. The normalized spacial score (nSPS) is 21.1. The smallest absolute Gasteiger partial charge is 0.201 e. The molecule has 0 spiro atoms. The molecule has 0 unspecified atom stereocenters. The third kappa shape index (κ3) is 2.40. The zero-order chi connectivity index (χ0) is 10.9. The van der Waals surface area contributed by atoms with E-state index in [4.69, 9.17) is 0 Å². The van der Waals surface area contributed by atoms with E-state index in [-0.39, 0.29) is 5.54 Å².